The van der Waals surface area contributed by atoms with E-state index in [9.17, 15) is 71.9 Å². The molecule has 15 rings (SSSR count). The first-order valence-electron chi connectivity index (χ1n) is 41.9. The van der Waals surface area contributed by atoms with E-state index in [-0.39, 0.29) is 38.3 Å². The monoisotopic (exact) mass is 1870 g/mol. The van der Waals surface area contributed by atoms with Crippen molar-refractivity contribution in [3.05, 3.63) is 310 Å². The molecular formula is C97H87F12N15O9S. The number of oxime groups is 4. The first-order valence-corrected chi connectivity index (χ1v) is 42.7. The van der Waals surface area contributed by atoms with Gasteiger partial charge < -0.3 is 24.1 Å². The van der Waals surface area contributed by atoms with Crippen molar-refractivity contribution in [3.8, 4) is 51.0 Å². The lowest BCUT2D eigenvalue weighted by Gasteiger charge is -2.07. The van der Waals surface area contributed by atoms with Gasteiger partial charge in [0.2, 0.25) is 0 Å². The van der Waals surface area contributed by atoms with Crippen LogP contribution in [0, 0.1) is 6.92 Å². The third-order valence-corrected chi connectivity index (χ3v) is 20.7. The van der Waals surface area contributed by atoms with Crippen LogP contribution in [0.2, 0.25) is 0 Å². The van der Waals surface area contributed by atoms with Crippen molar-refractivity contribution in [2.45, 2.75) is 135 Å². The topological polar surface area (TPSA) is 272 Å². The minimum absolute atomic E-state index is 0.0354. The van der Waals surface area contributed by atoms with Crippen molar-refractivity contribution in [2.24, 2.45) is 20.6 Å². The fraction of sp³-hybridized carbons (Fsp3) is 0.247. The zero-order valence-electron chi connectivity index (χ0n) is 72.0. The predicted molar refractivity (Wildman–Crippen MR) is 481 cm³/mol. The highest BCUT2D eigenvalue weighted by Crippen LogP contribution is 2.32. The van der Waals surface area contributed by atoms with Gasteiger partial charge in [-0.05, 0) is 139 Å². The van der Waals surface area contributed by atoms with Gasteiger partial charge in [-0.2, -0.15) is 52.7 Å². The van der Waals surface area contributed by atoms with Crippen molar-refractivity contribution >= 4 is 81.9 Å². The number of nitrogens with zero attached hydrogens (tertiary/aromatic N) is 15. The molecule has 0 spiro atoms. The Balaban J connectivity index is 0.000000161. The van der Waals surface area contributed by atoms with Crippen molar-refractivity contribution in [2.75, 3.05) is 19.8 Å². The van der Waals surface area contributed by atoms with E-state index >= 15 is 0 Å². The van der Waals surface area contributed by atoms with Gasteiger partial charge in [0.15, 0.2) is 13.2 Å². The maximum atomic E-state index is 12.4. The SMILES string of the molecule is CCCOCCON=Cc1ccn2c(-c3cccc(CC(=O)CCC(F)(F)F)c3)cnc2c1.Cc1ccc(CON=Cc2ccn3c(-c4cccc(CC(=O)CCC(F)(F)F)c4)cnc3c2)s1.O=C(CCC(F)(F)F)Cc1cccc(-c2cnc3cc(C=NOCc4ccccn4)ccn23)c1.O=C(CCC(F)(F)F)Cc1cccc(-c2cnc3cc(C=NOc4ncccn4)ccn23)c1. The number of rotatable bonds is 38. The van der Waals surface area contributed by atoms with Gasteiger partial charge in [-0.15, -0.1) is 11.3 Å². The van der Waals surface area contributed by atoms with E-state index in [2.05, 4.69) is 55.5 Å². The number of halogens is 12. The Morgan fingerprint density at radius 2 is 0.716 bits per heavy atom. The second-order valence-corrected chi connectivity index (χ2v) is 31.7. The quantitative estimate of drug-likeness (QED) is 0.0151. The number of benzene rings is 4. The summed E-state index contributed by atoms with van der Waals surface area (Å²) in [6, 6.07) is 55.0. The molecule has 11 aromatic heterocycles. The molecular weight excluding hydrogens is 1780 g/mol. The van der Waals surface area contributed by atoms with Crippen LogP contribution in [-0.2, 0) is 77.3 Å². The number of Topliss-reactive ketones (excluding diaryl/α,β-unsaturated/α-hetero) is 4. The average molecular weight is 1870 g/mol. The summed E-state index contributed by atoms with van der Waals surface area (Å²) in [5.41, 5.74) is 15.8. The predicted octanol–water partition coefficient (Wildman–Crippen LogP) is 21.7. The summed E-state index contributed by atoms with van der Waals surface area (Å²) in [4.78, 5) is 101. The fourth-order valence-corrected chi connectivity index (χ4v) is 14.1. The number of ether oxygens (including phenoxy) is 1. The molecule has 0 amide bonds. The van der Waals surface area contributed by atoms with Gasteiger partial charge in [0.25, 0.3) is 0 Å². The Morgan fingerprint density at radius 1 is 0.366 bits per heavy atom. The number of carbonyl (C=O) groups is 4. The van der Waals surface area contributed by atoms with E-state index < -0.39 is 99.2 Å². The molecule has 0 radical (unpaired) electrons. The van der Waals surface area contributed by atoms with Crippen LogP contribution in [0.4, 0.5) is 52.7 Å². The molecule has 0 aliphatic carbocycles. The summed E-state index contributed by atoms with van der Waals surface area (Å²) in [5, 5.41) is 15.8. The third kappa shape index (κ3) is 31.8. The smallest absolute Gasteiger partial charge is 0.389 e. The molecule has 0 bridgehead atoms. The van der Waals surface area contributed by atoms with Crippen LogP contribution in [0.1, 0.15) is 125 Å². The molecule has 0 saturated carbocycles. The molecule has 0 fully saturated rings. The Hall–Kier alpha value is -14.8. The molecule has 4 aromatic carbocycles. The van der Waals surface area contributed by atoms with Gasteiger partial charge in [0, 0.05) is 156 Å². The fourth-order valence-electron chi connectivity index (χ4n) is 13.3. The number of hydrogen-bond donors (Lipinski definition) is 0. The summed E-state index contributed by atoms with van der Waals surface area (Å²) in [6.45, 7) is 6.32. The normalized spacial score (nSPS) is 11.9. The number of pyridine rings is 5. The molecule has 694 valence electrons. The van der Waals surface area contributed by atoms with Gasteiger partial charge in [-0.1, -0.05) is 106 Å². The summed E-state index contributed by atoms with van der Waals surface area (Å²) in [6.07, 6.45) is 2.34. The lowest BCUT2D eigenvalue weighted by molar-refractivity contribution is -0.143. The lowest BCUT2D eigenvalue weighted by Crippen LogP contribution is -2.12. The number of hydrogen-bond acceptors (Lipinski definition) is 21. The third-order valence-electron chi connectivity index (χ3n) is 19.7. The van der Waals surface area contributed by atoms with Crippen LogP contribution in [0.3, 0.4) is 0 Å². The molecule has 0 aliphatic heterocycles. The number of thiophene rings is 1. The van der Waals surface area contributed by atoms with E-state index in [0.29, 0.717) is 71.3 Å². The number of fused-ring (bicyclic) bond motifs is 4. The highest BCUT2D eigenvalue weighted by Gasteiger charge is 2.31. The number of aromatic nitrogens is 11. The Kier molecular flexibility index (Phi) is 34.7. The van der Waals surface area contributed by atoms with Crippen LogP contribution < -0.4 is 4.84 Å². The molecule has 0 unspecified atom stereocenters. The van der Waals surface area contributed by atoms with Crippen molar-refractivity contribution in [3.63, 3.8) is 0 Å². The summed E-state index contributed by atoms with van der Waals surface area (Å²) in [7, 11) is 0. The Bertz CT molecular complexity index is 6570. The summed E-state index contributed by atoms with van der Waals surface area (Å²) in [5.74, 6) is -1.77. The highest BCUT2D eigenvalue weighted by atomic mass is 32.1. The Morgan fingerprint density at radius 3 is 1.05 bits per heavy atom. The van der Waals surface area contributed by atoms with E-state index in [4.69, 9.17) is 24.1 Å². The van der Waals surface area contributed by atoms with Crippen molar-refractivity contribution < 1.29 is 96.0 Å². The van der Waals surface area contributed by atoms with Gasteiger partial charge in [0.1, 0.15) is 52.3 Å². The molecule has 134 heavy (non-hydrogen) atoms. The maximum Gasteiger partial charge on any atom is 0.389 e. The first kappa shape index (κ1) is 98.3. The minimum atomic E-state index is -4.33. The summed E-state index contributed by atoms with van der Waals surface area (Å²) < 4.78 is 161. The molecule has 0 saturated heterocycles. The van der Waals surface area contributed by atoms with Crippen LogP contribution in [0.15, 0.2) is 271 Å². The number of carbonyl (C=O) groups excluding carboxylic acids is 4. The second kappa shape index (κ2) is 47.4. The van der Waals surface area contributed by atoms with Crippen LogP contribution >= 0.6 is 11.3 Å². The Labute approximate surface area is 763 Å². The van der Waals surface area contributed by atoms with E-state index in [1.165, 1.54) is 11.1 Å². The second-order valence-electron chi connectivity index (χ2n) is 30.3. The number of alkyl halides is 12. The molecule has 11 heterocycles. The molecule has 15 aromatic rings. The van der Waals surface area contributed by atoms with E-state index in [1.807, 2.05) is 165 Å². The van der Waals surface area contributed by atoms with Gasteiger partial charge in [-0.3, -0.25) is 41.8 Å². The van der Waals surface area contributed by atoms with Gasteiger partial charge in [-0.25, -0.2) is 29.9 Å². The number of ketones is 4. The van der Waals surface area contributed by atoms with Crippen LogP contribution in [0.25, 0.3) is 67.6 Å². The van der Waals surface area contributed by atoms with E-state index in [0.717, 1.165) is 84.3 Å². The molecule has 0 N–H and O–H groups in total. The molecule has 0 atom stereocenters. The van der Waals surface area contributed by atoms with Gasteiger partial charge in [0.05, 0.1) is 110 Å². The lowest BCUT2D eigenvalue weighted by atomic mass is 10.0. The number of imidazole rings is 4. The molecule has 37 heteroatoms. The van der Waals surface area contributed by atoms with Crippen LogP contribution in [0.5, 0.6) is 6.01 Å². The summed E-state index contributed by atoms with van der Waals surface area (Å²) >= 11 is 1.67. The molecule has 24 nitrogen and oxygen atoms in total. The largest absolute Gasteiger partial charge is 0.393 e. The van der Waals surface area contributed by atoms with E-state index in [1.54, 1.807) is 146 Å². The van der Waals surface area contributed by atoms with Gasteiger partial charge >= 0.3 is 30.7 Å². The first-order chi connectivity index (χ1) is 64.4. The average Bonchev–Trinajstić information content (AvgIpc) is 1.66. The zero-order chi connectivity index (χ0) is 95.0. The maximum absolute atomic E-state index is 12.4. The van der Waals surface area contributed by atoms with Crippen LogP contribution in [-0.4, -0.2) is 145 Å². The van der Waals surface area contributed by atoms with Crippen molar-refractivity contribution in [1.82, 2.24) is 52.5 Å². The van der Waals surface area contributed by atoms with Crippen molar-refractivity contribution in [1.29, 1.82) is 0 Å². The standard InChI is InChI=1S/C25H21F3N4O2.C25H22F3N3O2S.C24H26F3N3O3.C23H18F3N5O2/c26-25(27,28)9-7-22(33)13-18-4-3-5-20(12-18)23-16-30-24-14-19(8-11-32(23)24)15-31-34-17-21-6-1-2-10-29-21;1-17-5-6-22(34-17)16-33-30-14-19-8-10-31-23(15-29-24(31)13-19)20-4-2-3-18(11-20)12-21(32)7-9-25(26,27)28;1-2-10-32-11-12-33-29-16-19-7-9-30-22(17-28-23(30)15-19)20-5-3-4-18(13-20)14-21(31)6-8-24(25,26)27;24-23(25,26)7-5-19(32)12-16-3-1-4-18(11-16)20-15-29-21-13-17(6-10-31(20)21)14-30-33-22-27-8-2-9-28-22/h1-6,8,10-12,14-16H,7,9,13,17H2;2-6,8,10-11,13-15H,7,9,12,16H2,1H3;3-5,7,9,13,15-17H,2,6,8,10-12,14H2,1H3;1-4,6,8-11,13-15H,5,7,12H2. The molecule has 0 aliphatic rings. The number of aryl methyl sites for hydroxylation is 1. The zero-order valence-corrected chi connectivity index (χ0v) is 72.9. The minimum Gasteiger partial charge on any atom is -0.393 e. The highest BCUT2D eigenvalue weighted by molar-refractivity contribution is 7.11.